The van der Waals surface area contributed by atoms with Crippen molar-refractivity contribution in [3.8, 4) is 11.5 Å². The van der Waals surface area contributed by atoms with Gasteiger partial charge in [-0.1, -0.05) is 63.3 Å². The molecule has 1 aliphatic carbocycles. The Morgan fingerprint density at radius 3 is 2.21 bits per heavy atom. The van der Waals surface area contributed by atoms with Gasteiger partial charge in [0.25, 0.3) is 0 Å². The summed E-state index contributed by atoms with van der Waals surface area (Å²) in [6.07, 6.45) is 14.5. The summed E-state index contributed by atoms with van der Waals surface area (Å²) in [6, 6.07) is 4.48. The molecule has 0 saturated carbocycles. The van der Waals surface area contributed by atoms with Gasteiger partial charge < -0.3 is 9.47 Å². The Balaban J connectivity index is 2.38. The van der Waals surface area contributed by atoms with E-state index < -0.39 is 0 Å². The summed E-state index contributed by atoms with van der Waals surface area (Å²) in [4.78, 5) is 0. The molecule has 0 bridgehead atoms. The van der Waals surface area contributed by atoms with E-state index in [0.29, 0.717) is 5.92 Å². The van der Waals surface area contributed by atoms with Crippen LogP contribution in [-0.2, 0) is 6.42 Å². The first kappa shape index (κ1) is 23.6. The molecule has 162 valence electrons. The number of methoxy groups -OCH3 is 2. The molecular formula is C27H42O2. The van der Waals surface area contributed by atoms with Crippen LogP contribution in [-0.4, -0.2) is 14.2 Å². The Hall–Kier alpha value is -1.70. The van der Waals surface area contributed by atoms with Crippen LogP contribution in [0.3, 0.4) is 0 Å². The standard InChI is InChI=1S/C27H42O2/c1-7-9-11-13-21(4)23-16-15-20(3)17-24(23)27-25(28-5)18-22(14-12-10-8-2)19-26(27)29-6/h17-19,23-24H,4,7-16H2,1-3,5-6H3/t23-,24+/m0/s1. The van der Waals surface area contributed by atoms with Crippen molar-refractivity contribution in [1.82, 2.24) is 0 Å². The zero-order chi connectivity index (χ0) is 21.2. The lowest BCUT2D eigenvalue weighted by Gasteiger charge is -2.33. The molecule has 2 rings (SSSR count). The number of ether oxygens (including phenoxy) is 2. The van der Waals surface area contributed by atoms with E-state index in [2.05, 4.69) is 45.6 Å². The maximum absolute atomic E-state index is 5.91. The fourth-order valence-corrected chi connectivity index (χ4v) is 4.64. The molecule has 0 saturated heterocycles. The maximum Gasteiger partial charge on any atom is 0.126 e. The van der Waals surface area contributed by atoms with E-state index in [9.17, 15) is 0 Å². The molecule has 0 unspecified atom stereocenters. The van der Waals surface area contributed by atoms with Crippen molar-refractivity contribution in [2.45, 2.75) is 90.9 Å². The van der Waals surface area contributed by atoms with Gasteiger partial charge in [-0.15, -0.1) is 0 Å². The molecule has 0 heterocycles. The first-order valence-electron chi connectivity index (χ1n) is 11.6. The summed E-state index contributed by atoms with van der Waals surface area (Å²) in [5.74, 6) is 2.69. The van der Waals surface area contributed by atoms with Crippen molar-refractivity contribution in [3.63, 3.8) is 0 Å². The van der Waals surface area contributed by atoms with E-state index in [0.717, 1.165) is 30.8 Å². The molecule has 0 N–H and O–H groups in total. The second-order valence-corrected chi connectivity index (χ2v) is 8.67. The number of allylic oxidation sites excluding steroid dienone is 3. The van der Waals surface area contributed by atoms with Crippen LogP contribution in [0.1, 0.15) is 95.6 Å². The maximum atomic E-state index is 5.91. The van der Waals surface area contributed by atoms with Crippen LogP contribution in [0.5, 0.6) is 11.5 Å². The number of unbranched alkanes of at least 4 members (excludes halogenated alkanes) is 4. The molecule has 0 spiro atoms. The highest BCUT2D eigenvalue weighted by Crippen LogP contribution is 2.48. The second kappa shape index (κ2) is 12.1. The average molecular weight is 399 g/mol. The first-order chi connectivity index (χ1) is 14.0. The molecule has 2 atom stereocenters. The fraction of sp³-hybridized carbons (Fsp3) is 0.630. The molecule has 0 fully saturated rings. The summed E-state index contributed by atoms with van der Waals surface area (Å²) in [6.45, 7) is 11.3. The van der Waals surface area contributed by atoms with Crippen molar-refractivity contribution in [2.24, 2.45) is 5.92 Å². The minimum absolute atomic E-state index is 0.285. The number of benzene rings is 1. The molecule has 29 heavy (non-hydrogen) atoms. The monoisotopic (exact) mass is 398 g/mol. The summed E-state index contributed by atoms with van der Waals surface area (Å²) in [5.41, 5.74) is 5.37. The normalized spacial score (nSPS) is 19.0. The van der Waals surface area contributed by atoms with Crippen LogP contribution in [0.4, 0.5) is 0 Å². The third-order valence-corrected chi connectivity index (χ3v) is 6.38. The minimum Gasteiger partial charge on any atom is -0.496 e. The SMILES string of the molecule is C=C(CCCCC)[C@@H]1CCC(C)=C[C@H]1c1c(OC)cc(CCCCC)cc1OC. The third kappa shape index (κ3) is 6.39. The van der Waals surface area contributed by atoms with Crippen LogP contribution < -0.4 is 9.47 Å². The summed E-state index contributed by atoms with van der Waals surface area (Å²) >= 11 is 0. The molecule has 0 amide bonds. The zero-order valence-electron chi connectivity index (χ0n) is 19.5. The third-order valence-electron chi connectivity index (χ3n) is 6.38. The Kier molecular flexibility index (Phi) is 9.84. The van der Waals surface area contributed by atoms with Gasteiger partial charge in [0.15, 0.2) is 0 Å². The van der Waals surface area contributed by atoms with Crippen molar-refractivity contribution in [3.05, 3.63) is 47.1 Å². The highest BCUT2D eigenvalue weighted by Gasteiger charge is 2.31. The topological polar surface area (TPSA) is 18.5 Å². The predicted octanol–water partition coefficient (Wildman–Crippen LogP) is 8.01. The van der Waals surface area contributed by atoms with Crippen molar-refractivity contribution in [1.29, 1.82) is 0 Å². The van der Waals surface area contributed by atoms with Gasteiger partial charge in [-0.2, -0.15) is 0 Å². The fourth-order valence-electron chi connectivity index (χ4n) is 4.64. The molecule has 2 heteroatoms. The second-order valence-electron chi connectivity index (χ2n) is 8.67. The van der Waals surface area contributed by atoms with Crippen LogP contribution in [0, 0.1) is 5.92 Å². The van der Waals surface area contributed by atoms with Gasteiger partial charge in [-0.25, -0.2) is 0 Å². The molecule has 1 aromatic rings. The zero-order valence-corrected chi connectivity index (χ0v) is 19.5. The quantitative estimate of drug-likeness (QED) is 0.262. The highest BCUT2D eigenvalue weighted by molar-refractivity contribution is 5.53. The largest absolute Gasteiger partial charge is 0.496 e. The Labute approximate surface area is 179 Å². The van der Waals surface area contributed by atoms with Crippen molar-refractivity contribution < 1.29 is 9.47 Å². The lowest BCUT2D eigenvalue weighted by molar-refractivity contribution is 0.366. The number of hydrogen-bond acceptors (Lipinski definition) is 2. The molecule has 2 nitrogen and oxygen atoms in total. The highest BCUT2D eigenvalue weighted by atomic mass is 16.5. The molecule has 0 radical (unpaired) electrons. The minimum atomic E-state index is 0.285. The average Bonchev–Trinajstić information content (AvgIpc) is 2.73. The Morgan fingerprint density at radius 2 is 1.62 bits per heavy atom. The van der Waals surface area contributed by atoms with E-state index in [1.165, 1.54) is 67.2 Å². The van der Waals surface area contributed by atoms with Crippen molar-refractivity contribution in [2.75, 3.05) is 14.2 Å². The van der Waals surface area contributed by atoms with Gasteiger partial charge in [-0.3, -0.25) is 0 Å². The lowest BCUT2D eigenvalue weighted by Crippen LogP contribution is -2.19. The summed E-state index contributed by atoms with van der Waals surface area (Å²) in [5, 5.41) is 0. The predicted molar refractivity (Wildman–Crippen MR) is 125 cm³/mol. The first-order valence-corrected chi connectivity index (χ1v) is 11.6. The summed E-state index contributed by atoms with van der Waals surface area (Å²) < 4.78 is 11.8. The molecule has 1 aromatic carbocycles. The van der Waals surface area contributed by atoms with Gasteiger partial charge in [-0.05, 0) is 69.1 Å². The van der Waals surface area contributed by atoms with Gasteiger partial charge in [0.1, 0.15) is 11.5 Å². The van der Waals surface area contributed by atoms with Crippen LogP contribution in [0.25, 0.3) is 0 Å². The Morgan fingerprint density at radius 1 is 1.00 bits per heavy atom. The number of aryl methyl sites for hydroxylation is 1. The van der Waals surface area contributed by atoms with Gasteiger partial charge in [0.2, 0.25) is 0 Å². The molecular weight excluding hydrogens is 356 g/mol. The van der Waals surface area contributed by atoms with E-state index in [-0.39, 0.29) is 5.92 Å². The van der Waals surface area contributed by atoms with E-state index in [1.54, 1.807) is 14.2 Å². The van der Waals surface area contributed by atoms with Crippen LogP contribution in [0.2, 0.25) is 0 Å². The van der Waals surface area contributed by atoms with Gasteiger partial charge in [0.05, 0.1) is 14.2 Å². The number of rotatable bonds is 12. The van der Waals surface area contributed by atoms with Gasteiger partial charge >= 0.3 is 0 Å². The van der Waals surface area contributed by atoms with Crippen molar-refractivity contribution >= 4 is 0 Å². The number of hydrogen-bond donors (Lipinski definition) is 0. The smallest absolute Gasteiger partial charge is 0.126 e. The van der Waals surface area contributed by atoms with E-state index in [1.807, 2.05) is 0 Å². The van der Waals surface area contributed by atoms with Crippen LogP contribution in [0.15, 0.2) is 35.9 Å². The van der Waals surface area contributed by atoms with Gasteiger partial charge in [0, 0.05) is 11.5 Å². The molecule has 0 aromatic heterocycles. The van der Waals surface area contributed by atoms with E-state index >= 15 is 0 Å². The van der Waals surface area contributed by atoms with E-state index in [4.69, 9.17) is 9.47 Å². The summed E-state index contributed by atoms with van der Waals surface area (Å²) in [7, 11) is 3.58. The molecule has 0 aliphatic heterocycles. The lowest BCUT2D eigenvalue weighted by atomic mass is 9.72. The van der Waals surface area contributed by atoms with Crippen LogP contribution >= 0.6 is 0 Å². The Bertz CT molecular complexity index is 661. The molecule has 1 aliphatic rings.